The van der Waals surface area contributed by atoms with Gasteiger partial charge in [0.25, 0.3) is 0 Å². The summed E-state index contributed by atoms with van der Waals surface area (Å²) >= 11 is 0. The molecule has 0 radical (unpaired) electrons. The molecule has 0 aromatic carbocycles. The van der Waals surface area contributed by atoms with Gasteiger partial charge in [-0.2, -0.15) is 0 Å². The van der Waals surface area contributed by atoms with E-state index in [1.54, 1.807) is 7.11 Å². The van der Waals surface area contributed by atoms with Crippen molar-refractivity contribution >= 4 is 5.97 Å². The molecule has 0 spiro atoms. The van der Waals surface area contributed by atoms with E-state index < -0.39 is 5.97 Å². The first kappa shape index (κ1) is 19.7. The molecule has 4 aliphatic carbocycles. The zero-order valence-electron chi connectivity index (χ0n) is 17.7. The fraction of sp³-hybridized carbons (Fsp3) is 0.958. The molecule has 0 aromatic rings. The normalized spacial score (nSPS) is 47.6. The Morgan fingerprint density at radius 3 is 2.52 bits per heavy atom. The van der Waals surface area contributed by atoms with Crippen molar-refractivity contribution < 1.29 is 14.6 Å². The number of methoxy groups -OCH3 is 1. The van der Waals surface area contributed by atoms with Crippen molar-refractivity contribution in [2.24, 2.45) is 40.4 Å². The van der Waals surface area contributed by atoms with Crippen LogP contribution in [0.25, 0.3) is 0 Å². The van der Waals surface area contributed by atoms with Gasteiger partial charge in [0.2, 0.25) is 0 Å². The summed E-state index contributed by atoms with van der Waals surface area (Å²) in [7, 11) is 1.79. The molecule has 8 unspecified atom stereocenters. The van der Waals surface area contributed by atoms with Crippen molar-refractivity contribution in [1.82, 2.24) is 0 Å². The number of aliphatic carboxylic acids is 1. The van der Waals surface area contributed by atoms with Gasteiger partial charge in [-0.05, 0) is 98.2 Å². The summed E-state index contributed by atoms with van der Waals surface area (Å²) in [4.78, 5) is 11.1. The maximum Gasteiger partial charge on any atom is 0.303 e. The third-order valence-corrected chi connectivity index (χ3v) is 10.1. The molecule has 1 N–H and O–H groups in total. The minimum absolute atomic E-state index is 0.120. The monoisotopic (exact) mass is 376 g/mol. The smallest absolute Gasteiger partial charge is 0.303 e. The van der Waals surface area contributed by atoms with Crippen LogP contribution in [0.2, 0.25) is 0 Å². The Balaban J connectivity index is 1.53. The lowest BCUT2D eigenvalue weighted by atomic mass is 9.44. The van der Waals surface area contributed by atoms with Gasteiger partial charge in [0.15, 0.2) is 0 Å². The average Bonchev–Trinajstić information content (AvgIpc) is 2.99. The van der Waals surface area contributed by atoms with E-state index in [1.165, 1.54) is 64.2 Å². The number of carboxylic acids is 1. The Bertz CT molecular complexity index is 560. The van der Waals surface area contributed by atoms with Crippen molar-refractivity contribution in [3.05, 3.63) is 0 Å². The molecule has 27 heavy (non-hydrogen) atoms. The van der Waals surface area contributed by atoms with Gasteiger partial charge in [-0.1, -0.05) is 26.7 Å². The van der Waals surface area contributed by atoms with Crippen LogP contribution in [-0.4, -0.2) is 24.3 Å². The molecule has 4 saturated carbocycles. The van der Waals surface area contributed by atoms with Crippen LogP contribution < -0.4 is 0 Å². The zero-order valence-corrected chi connectivity index (χ0v) is 17.7. The predicted molar refractivity (Wildman–Crippen MR) is 108 cm³/mol. The molecule has 0 amide bonds. The summed E-state index contributed by atoms with van der Waals surface area (Å²) < 4.78 is 5.88. The van der Waals surface area contributed by atoms with Gasteiger partial charge in [0, 0.05) is 13.5 Å². The highest BCUT2D eigenvalue weighted by atomic mass is 16.5. The Labute approximate surface area is 165 Å². The number of rotatable bonds is 5. The lowest BCUT2D eigenvalue weighted by Gasteiger charge is -2.60. The number of ether oxygens (including phenoxy) is 1. The van der Waals surface area contributed by atoms with Gasteiger partial charge >= 0.3 is 5.97 Å². The maximum atomic E-state index is 11.1. The highest BCUT2D eigenvalue weighted by Gasteiger charge is 2.60. The molecule has 0 heterocycles. The van der Waals surface area contributed by atoms with Gasteiger partial charge < -0.3 is 9.84 Å². The summed E-state index contributed by atoms with van der Waals surface area (Å²) in [6, 6.07) is 0. The van der Waals surface area contributed by atoms with Crippen LogP contribution in [0.3, 0.4) is 0 Å². The topological polar surface area (TPSA) is 46.5 Å². The summed E-state index contributed by atoms with van der Waals surface area (Å²) in [5.41, 5.74) is 0.961. The van der Waals surface area contributed by atoms with E-state index in [4.69, 9.17) is 9.84 Å². The molecule has 0 aliphatic heterocycles. The summed E-state index contributed by atoms with van der Waals surface area (Å²) in [5, 5.41) is 9.13. The molecular formula is C24H40O3. The number of carboxylic acid groups (broad SMARTS) is 1. The minimum Gasteiger partial charge on any atom is -0.481 e. The van der Waals surface area contributed by atoms with Gasteiger partial charge in [0.05, 0.1) is 6.10 Å². The first-order valence-corrected chi connectivity index (χ1v) is 11.6. The van der Waals surface area contributed by atoms with E-state index in [9.17, 15) is 4.79 Å². The Hall–Kier alpha value is -0.570. The van der Waals surface area contributed by atoms with E-state index in [-0.39, 0.29) is 12.5 Å². The van der Waals surface area contributed by atoms with Crippen LogP contribution in [0.15, 0.2) is 0 Å². The largest absolute Gasteiger partial charge is 0.481 e. The van der Waals surface area contributed by atoms with Crippen LogP contribution in [-0.2, 0) is 9.53 Å². The molecule has 4 aliphatic rings. The van der Waals surface area contributed by atoms with Crippen LogP contribution in [0, 0.1) is 40.4 Å². The third kappa shape index (κ3) is 3.16. The quantitative estimate of drug-likeness (QED) is 0.648. The molecule has 3 nitrogen and oxygen atoms in total. The number of fused-ring (bicyclic) bond motifs is 5. The Morgan fingerprint density at radius 2 is 1.78 bits per heavy atom. The molecule has 154 valence electrons. The molecule has 0 saturated heterocycles. The number of hydrogen-bond donors (Lipinski definition) is 1. The van der Waals surface area contributed by atoms with Crippen LogP contribution in [0.1, 0.15) is 90.9 Å². The summed E-state index contributed by atoms with van der Waals surface area (Å²) in [6.45, 7) is 5.18. The SMILES string of the molecule is COC(CCC(=O)O)C1CCC2C3CCC4CCCCC4(C)C3CCC12C. The molecule has 4 rings (SSSR count). The van der Waals surface area contributed by atoms with Crippen molar-refractivity contribution in [3.63, 3.8) is 0 Å². The lowest BCUT2D eigenvalue weighted by Crippen LogP contribution is -2.53. The van der Waals surface area contributed by atoms with Gasteiger partial charge in [-0.3, -0.25) is 4.79 Å². The van der Waals surface area contributed by atoms with E-state index in [0.717, 1.165) is 23.7 Å². The van der Waals surface area contributed by atoms with Crippen molar-refractivity contribution in [2.75, 3.05) is 7.11 Å². The number of carbonyl (C=O) groups is 1. The zero-order chi connectivity index (χ0) is 19.2. The summed E-state index contributed by atoms with van der Waals surface area (Å²) in [6.07, 6.45) is 15.1. The standard InChI is InChI=1S/C24H40O3/c1-23-14-5-4-6-16(23)7-8-17-18-9-10-20(21(27-3)11-12-22(25)26)24(18,2)15-13-19(17)23/h16-21H,4-15H2,1-3H3,(H,25,26). The third-order valence-electron chi connectivity index (χ3n) is 10.1. The van der Waals surface area contributed by atoms with E-state index in [0.29, 0.717) is 23.2 Å². The van der Waals surface area contributed by atoms with Gasteiger partial charge in [-0.25, -0.2) is 0 Å². The first-order chi connectivity index (χ1) is 12.9. The number of hydrogen-bond acceptors (Lipinski definition) is 2. The Morgan fingerprint density at radius 1 is 1.00 bits per heavy atom. The highest BCUT2D eigenvalue weighted by Crippen LogP contribution is 2.68. The van der Waals surface area contributed by atoms with Crippen molar-refractivity contribution in [1.29, 1.82) is 0 Å². The average molecular weight is 377 g/mol. The Kier molecular flexibility index (Phi) is 5.37. The molecule has 0 bridgehead atoms. The van der Waals surface area contributed by atoms with E-state index in [2.05, 4.69) is 13.8 Å². The van der Waals surface area contributed by atoms with Crippen LogP contribution >= 0.6 is 0 Å². The maximum absolute atomic E-state index is 11.1. The van der Waals surface area contributed by atoms with Crippen molar-refractivity contribution in [3.8, 4) is 0 Å². The molecule has 0 aromatic heterocycles. The molecule has 8 atom stereocenters. The van der Waals surface area contributed by atoms with Gasteiger partial charge in [0.1, 0.15) is 0 Å². The fourth-order valence-corrected chi connectivity index (χ4v) is 8.70. The second-order valence-corrected chi connectivity index (χ2v) is 10.8. The minimum atomic E-state index is -0.691. The fourth-order valence-electron chi connectivity index (χ4n) is 8.70. The molecule has 3 heteroatoms. The van der Waals surface area contributed by atoms with Crippen molar-refractivity contribution in [2.45, 2.75) is 97.0 Å². The molecule has 4 fully saturated rings. The van der Waals surface area contributed by atoms with E-state index in [1.807, 2.05) is 0 Å². The van der Waals surface area contributed by atoms with Gasteiger partial charge in [-0.15, -0.1) is 0 Å². The summed E-state index contributed by atoms with van der Waals surface area (Å²) in [5.74, 6) is 3.52. The second kappa shape index (κ2) is 7.35. The predicted octanol–water partition coefficient (Wildman–Crippen LogP) is 5.92. The van der Waals surface area contributed by atoms with E-state index >= 15 is 0 Å². The van der Waals surface area contributed by atoms with Crippen LogP contribution in [0.5, 0.6) is 0 Å². The first-order valence-electron chi connectivity index (χ1n) is 11.6. The second-order valence-electron chi connectivity index (χ2n) is 10.8. The van der Waals surface area contributed by atoms with Crippen LogP contribution in [0.4, 0.5) is 0 Å². The lowest BCUT2D eigenvalue weighted by molar-refractivity contribution is -0.139. The highest BCUT2D eigenvalue weighted by molar-refractivity contribution is 5.66. The molecular weight excluding hydrogens is 336 g/mol.